The van der Waals surface area contributed by atoms with Gasteiger partial charge in [0.15, 0.2) is 0 Å². The van der Waals surface area contributed by atoms with E-state index in [2.05, 4.69) is 15.7 Å². The van der Waals surface area contributed by atoms with Gasteiger partial charge in [-0.05, 0) is 29.7 Å². The number of amides is 2. The molecular weight excluding hydrogens is 354 g/mol. The molecule has 0 radical (unpaired) electrons. The molecule has 3 aromatic rings. The molecule has 0 saturated carbocycles. The van der Waals surface area contributed by atoms with Gasteiger partial charge in [-0.1, -0.05) is 36.4 Å². The molecule has 0 atom stereocenters. The van der Waals surface area contributed by atoms with Gasteiger partial charge in [-0.2, -0.15) is 10.4 Å². The number of benzene rings is 2. The van der Waals surface area contributed by atoms with Gasteiger partial charge in [0.2, 0.25) is 0 Å². The maximum atomic E-state index is 12.0. The van der Waals surface area contributed by atoms with Crippen molar-refractivity contribution in [2.45, 2.75) is 6.42 Å². The largest absolute Gasteiger partial charge is 0.347 e. The number of nitriles is 1. The number of anilines is 1. The van der Waals surface area contributed by atoms with Crippen molar-refractivity contribution in [1.29, 1.82) is 5.26 Å². The number of para-hydroxylation sites is 1. The summed E-state index contributed by atoms with van der Waals surface area (Å²) in [6.45, 7) is 0.332. The van der Waals surface area contributed by atoms with Gasteiger partial charge < -0.3 is 10.6 Å². The smallest absolute Gasteiger partial charge is 0.313 e. The maximum Gasteiger partial charge on any atom is 0.313 e. The SMILES string of the molecule is Cn1cc(-c2ccc(CCNC(=O)C(=O)Nc3ccccc3C#N)cc2)cn1. The lowest BCUT2D eigenvalue weighted by Crippen LogP contribution is -2.36. The Balaban J connectivity index is 1.49. The van der Waals surface area contributed by atoms with Crippen LogP contribution in [0.3, 0.4) is 0 Å². The van der Waals surface area contributed by atoms with Crippen LogP contribution < -0.4 is 10.6 Å². The van der Waals surface area contributed by atoms with Gasteiger partial charge in [0.1, 0.15) is 6.07 Å². The van der Waals surface area contributed by atoms with Gasteiger partial charge in [-0.3, -0.25) is 14.3 Å². The molecule has 0 spiro atoms. The minimum atomic E-state index is -0.797. The number of nitrogens with one attached hydrogen (secondary N) is 2. The number of rotatable bonds is 5. The molecule has 140 valence electrons. The Kier molecular flexibility index (Phi) is 5.82. The fraction of sp³-hybridized carbons (Fsp3) is 0.143. The minimum absolute atomic E-state index is 0.303. The standard InChI is InChI=1S/C21H19N5O2/c1-26-14-18(13-24-26)16-8-6-15(7-9-16)10-11-23-20(27)21(28)25-19-5-3-2-4-17(19)12-22/h2-9,13-14H,10-11H2,1H3,(H,23,27)(H,25,28). The van der Waals surface area contributed by atoms with Crippen LogP contribution in [0, 0.1) is 11.3 Å². The summed E-state index contributed by atoms with van der Waals surface area (Å²) in [6.07, 6.45) is 4.34. The quantitative estimate of drug-likeness (QED) is 0.670. The van der Waals surface area contributed by atoms with E-state index in [-0.39, 0.29) is 0 Å². The highest BCUT2D eigenvalue weighted by atomic mass is 16.2. The average Bonchev–Trinajstić information content (AvgIpc) is 3.15. The summed E-state index contributed by atoms with van der Waals surface area (Å²) >= 11 is 0. The van der Waals surface area contributed by atoms with Crippen molar-refractivity contribution >= 4 is 17.5 Å². The summed E-state index contributed by atoms with van der Waals surface area (Å²) < 4.78 is 1.75. The predicted molar refractivity (Wildman–Crippen MR) is 105 cm³/mol. The summed E-state index contributed by atoms with van der Waals surface area (Å²) in [5.41, 5.74) is 3.77. The first kappa shape index (κ1) is 18.9. The molecular formula is C21H19N5O2. The van der Waals surface area contributed by atoms with Crippen LogP contribution >= 0.6 is 0 Å². The molecule has 3 rings (SSSR count). The van der Waals surface area contributed by atoms with Crippen LogP contribution in [0.1, 0.15) is 11.1 Å². The Morgan fingerprint density at radius 1 is 1.07 bits per heavy atom. The van der Waals surface area contributed by atoms with E-state index in [1.54, 1.807) is 35.1 Å². The summed E-state index contributed by atoms with van der Waals surface area (Å²) in [5.74, 6) is -1.53. The Bertz CT molecular complexity index is 1030. The second-order valence-corrected chi connectivity index (χ2v) is 6.22. The first-order valence-electron chi connectivity index (χ1n) is 8.73. The topological polar surface area (TPSA) is 99.8 Å². The first-order valence-corrected chi connectivity index (χ1v) is 8.73. The maximum absolute atomic E-state index is 12.0. The number of nitrogens with zero attached hydrogens (tertiary/aromatic N) is 3. The lowest BCUT2D eigenvalue weighted by Gasteiger charge is -2.08. The molecule has 0 unspecified atom stereocenters. The zero-order chi connectivity index (χ0) is 19.9. The molecule has 28 heavy (non-hydrogen) atoms. The number of carbonyl (C=O) groups excluding carboxylic acids is 2. The normalized spacial score (nSPS) is 10.1. The van der Waals surface area contributed by atoms with E-state index in [0.717, 1.165) is 16.7 Å². The van der Waals surface area contributed by atoms with Crippen molar-refractivity contribution in [2.24, 2.45) is 7.05 Å². The van der Waals surface area contributed by atoms with Gasteiger partial charge in [-0.15, -0.1) is 0 Å². The van der Waals surface area contributed by atoms with Crippen LogP contribution in [0.15, 0.2) is 60.9 Å². The van der Waals surface area contributed by atoms with Gasteiger partial charge in [-0.25, -0.2) is 0 Å². The minimum Gasteiger partial charge on any atom is -0.347 e. The van der Waals surface area contributed by atoms with E-state index in [4.69, 9.17) is 5.26 Å². The van der Waals surface area contributed by atoms with Crippen LogP contribution in [0.25, 0.3) is 11.1 Å². The molecule has 1 heterocycles. The van der Waals surface area contributed by atoms with E-state index >= 15 is 0 Å². The molecule has 1 aromatic heterocycles. The van der Waals surface area contributed by atoms with Gasteiger partial charge in [0, 0.05) is 25.4 Å². The molecule has 0 saturated heterocycles. The highest BCUT2D eigenvalue weighted by Gasteiger charge is 2.14. The van der Waals surface area contributed by atoms with Crippen LogP contribution in [-0.4, -0.2) is 28.1 Å². The van der Waals surface area contributed by atoms with Crippen molar-refractivity contribution in [3.8, 4) is 17.2 Å². The Morgan fingerprint density at radius 2 is 1.82 bits per heavy atom. The van der Waals surface area contributed by atoms with E-state index in [1.807, 2.05) is 43.6 Å². The number of aromatic nitrogens is 2. The molecule has 0 bridgehead atoms. The van der Waals surface area contributed by atoms with Crippen molar-refractivity contribution in [3.63, 3.8) is 0 Å². The summed E-state index contributed by atoms with van der Waals surface area (Å²) in [5, 5.41) is 18.2. The molecule has 0 aliphatic carbocycles. The third-order valence-electron chi connectivity index (χ3n) is 4.19. The van der Waals surface area contributed by atoms with Gasteiger partial charge >= 0.3 is 11.8 Å². The summed E-state index contributed by atoms with van der Waals surface area (Å²) in [4.78, 5) is 23.9. The molecule has 2 amide bonds. The molecule has 7 nitrogen and oxygen atoms in total. The summed E-state index contributed by atoms with van der Waals surface area (Å²) in [6, 6.07) is 16.5. The fourth-order valence-corrected chi connectivity index (χ4v) is 2.70. The lowest BCUT2D eigenvalue weighted by atomic mass is 10.1. The highest BCUT2D eigenvalue weighted by Crippen LogP contribution is 2.18. The molecule has 2 N–H and O–H groups in total. The molecule has 0 aliphatic rings. The van der Waals surface area contributed by atoms with Gasteiger partial charge in [0.05, 0.1) is 17.4 Å². The second kappa shape index (κ2) is 8.64. The number of aryl methyl sites for hydroxylation is 1. The van der Waals surface area contributed by atoms with E-state index in [9.17, 15) is 9.59 Å². The van der Waals surface area contributed by atoms with Crippen LogP contribution in [-0.2, 0) is 23.1 Å². The van der Waals surface area contributed by atoms with Gasteiger partial charge in [0.25, 0.3) is 0 Å². The number of hydrogen-bond acceptors (Lipinski definition) is 4. The first-order chi connectivity index (χ1) is 13.6. The van der Waals surface area contributed by atoms with Crippen molar-refractivity contribution in [3.05, 3.63) is 72.1 Å². The Labute approximate surface area is 162 Å². The summed E-state index contributed by atoms with van der Waals surface area (Å²) in [7, 11) is 1.87. The van der Waals surface area contributed by atoms with E-state index < -0.39 is 11.8 Å². The number of hydrogen-bond donors (Lipinski definition) is 2. The van der Waals surface area contributed by atoms with Crippen LogP contribution in [0.2, 0.25) is 0 Å². The van der Waals surface area contributed by atoms with E-state index in [1.165, 1.54) is 0 Å². The predicted octanol–water partition coefficient (Wildman–Crippen LogP) is 2.26. The van der Waals surface area contributed by atoms with Crippen molar-refractivity contribution < 1.29 is 9.59 Å². The second-order valence-electron chi connectivity index (χ2n) is 6.22. The van der Waals surface area contributed by atoms with Crippen molar-refractivity contribution in [1.82, 2.24) is 15.1 Å². The Hall–Kier alpha value is -3.92. The molecule has 0 aliphatic heterocycles. The zero-order valence-corrected chi connectivity index (χ0v) is 15.3. The van der Waals surface area contributed by atoms with Crippen LogP contribution in [0.4, 0.5) is 5.69 Å². The molecule has 7 heteroatoms. The number of carbonyl (C=O) groups is 2. The fourth-order valence-electron chi connectivity index (χ4n) is 2.70. The molecule has 2 aromatic carbocycles. The van der Waals surface area contributed by atoms with E-state index in [0.29, 0.717) is 24.2 Å². The van der Waals surface area contributed by atoms with Crippen LogP contribution in [0.5, 0.6) is 0 Å². The highest BCUT2D eigenvalue weighted by molar-refractivity contribution is 6.39. The lowest BCUT2D eigenvalue weighted by molar-refractivity contribution is -0.136. The zero-order valence-electron chi connectivity index (χ0n) is 15.3. The monoisotopic (exact) mass is 373 g/mol. The Morgan fingerprint density at radius 3 is 2.50 bits per heavy atom. The average molecular weight is 373 g/mol. The van der Waals surface area contributed by atoms with Crippen molar-refractivity contribution in [2.75, 3.05) is 11.9 Å². The third-order valence-corrected chi connectivity index (χ3v) is 4.19. The third kappa shape index (κ3) is 4.62. The molecule has 0 fully saturated rings.